The Morgan fingerprint density at radius 2 is 2.19 bits per heavy atom. The molecular weight excluding hydrogens is 244 g/mol. The van der Waals surface area contributed by atoms with E-state index in [1.807, 2.05) is 14.0 Å². The van der Waals surface area contributed by atoms with Gasteiger partial charge < -0.3 is 4.90 Å². The highest BCUT2D eigenvalue weighted by Gasteiger charge is 2.32. The molecule has 1 atom stereocenters. The van der Waals surface area contributed by atoms with Crippen LogP contribution in [0.15, 0.2) is 21.7 Å². The van der Waals surface area contributed by atoms with Gasteiger partial charge in [-0.15, -0.1) is 11.3 Å². The molecule has 0 N–H and O–H groups in total. The van der Waals surface area contributed by atoms with Gasteiger partial charge in [0.1, 0.15) is 4.21 Å². The summed E-state index contributed by atoms with van der Waals surface area (Å²) in [5, 5.41) is 1.80. The molecule has 0 aliphatic carbocycles. The predicted molar refractivity (Wildman–Crippen MR) is 65.2 cm³/mol. The minimum atomic E-state index is -3.27. The number of piperazine rings is 1. The van der Waals surface area contributed by atoms with E-state index in [0.717, 1.165) is 13.1 Å². The molecule has 1 fully saturated rings. The van der Waals surface area contributed by atoms with Crippen LogP contribution in [0.1, 0.15) is 6.92 Å². The van der Waals surface area contributed by atoms with Crippen molar-refractivity contribution in [3.8, 4) is 0 Å². The zero-order valence-corrected chi connectivity index (χ0v) is 11.1. The van der Waals surface area contributed by atoms with Crippen molar-refractivity contribution in [2.45, 2.75) is 17.2 Å². The molecule has 0 spiro atoms. The van der Waals surface area contributed by atoms with Gasteiger partial charge in [0, 0.05) is 25.7 Å². The third-order valence-corrected chi connectivity index (χ3v) is 6.21. The van der Waals surface area contributed by atoms with Gasteiger partial charge in [0.15, 0.2) is 0 Å². The summed E-state index contributed by atoms with van der Waals surface area (Å²) in [6, 6.07) is 3.49. The molecule has 0 radical (unpaired) electrons. The van der Waals surface area contributed by atoms with Gasteiger partial charge in [0.25, 0.3) is 10.0 Å². The van der Waals surface area contributed by atoms with Crippen molar-refractivity contribution < 1.29 is 8.42 Å². The van der Waals surface area contributed by atoms with Gasteiger partial charge in [-0.1, -0.05) is 6.07 Å². The zero-order chi connectivity index (χ0) is 11.8. The second kappa shape index (κ2) is 4.44. The molecule has 1 aliphatic rings. The van der Waals surface area contributed by atoms with Crippen LogP contribution in [0.4, 0.5) is 0 Å². The minimum Gasteiger partial charge on any atom is -0.303 e. The second-order valence-electron chi connectivity index (χ2n) is 4.16. The third kappa shape index (κ3) is 2.15. The van der Waals surface area contributed by atoms with Gasteiger partial charge in [-0.2, -0.15) is 4.31 Å². The van der Waals surface area contributed by atoms with Crippen molar-refractivity contribution in [2.75, 3.05) is 26.7 Å². The zero-order valence-electron chi connectivity index (χ0n) is 9.46. The molecule has 6 heteroatoms. The fourth-order valence-electron chi connectivity index (χ4n) is 2.01. The van der Waals surface area contributed by atoms with Crippen LogP contribution < -0.4 is 0 Å². The Hall–Kier alpha value is -0.430. The van der Waals surface area contributed by atoms with Gasteiger partial charge in [-0.25, -0.2) is 8.42 Å². The molecule has 0 bridgehead atoms. The lowest BCUT2D eigenvalue weighted by Crippen LogP contribution is -2.52. The Kier molecular flexibility index (Phi) is 3.34. The van der Waals surface area contributed by atoms with Crippen LogP contribution in [0.2, 0.25) is 0 Å². The Morgan fingerprint density at radius 1 is 1.44 bits per heavy atom. The number of hydrogen-bond donors (Lipinski definition) is 0. The Labute approximate surface area is 101 Å². The van der Waals surface area contributed by atoms with E-state index in [2.05, 4.69) is 4.90 Å². The average Bonchev–Trinajstić information content (AvgIpc) is 2.69. The number of sulfonamides is 1. The highest BCUT2D eigenvalue weighted by molar-refractivity contribution is 7.91. The second-order valence-corrected chi connectivity index (χ2v) is 7.22. The molecule has 4 nitrogen and oxygen atoms in total. The lowest BCUT2D eigenvalue weighted by atomic mass is 10.2. The van der Waals surface area contributed by atoms with Crippen LogP contribution in [0.3, 0.4) is 0 Å². The van der Waals surface area contributed by atoms with Gasteiger partial charge >= 0.3 is 0 Å². The summed E-state index contributed by atoms with van der Waals surface area (Å²) in [7, 11) is -1.25. The van der Waals surface area contributed by atoms with Crippen LogP contribution in [-0.4, -0.2) is 50.3 Å². The molecule has 1 saturated heterocycles. The average molecular weight is 260 g/mol. The van der Waals surface area contributed by atoms with Crippen LogP contribution in [-0.2, 0) is 10.0 Å². The summed E-state index contributed by atoms with van der Waals surface area (Å²) >= 11 is 1.28. The van der Waals surface area contributed by atoms with Crippen molar-refractivity contribution in [1.82, 2.24) is 9.21 Å². The first-order chi connectivity index (χ1) is 7.51. The molecule has 1 aliphatic heterocycles. The fraction of sp³-hybridized carbons (Fsp3) is 0.600. The molecule has 2 rings (SSSR count). The van der Waals surface area contributed by atoms with E-state index in [1.54, 1.807) is 21.8 Å². The Bertz CT molecular complexity index is 441. The largest absolute Gasteiger partial charge is 0.303 e. The van der Waals surface area contributed by atoms with Crippen molar-refractivity contribution in [3.63, 3.8) is 0 Å². The molecular formula is C10H16N2O2S2. The van der Waals surface area contributed by atoms with Gasteiger partial charge in [-0.3, -0.25) is 0 Å². The molecule has 16 heavy (non-hydrogen) atoms. The quantitative estimate of drug-likeness (QED) is 0.799. The van der Waals surface area contributed by atoms with Crippen LogP contribution >= 0.6 is 11.3 Å². The van der Waals surface area contributed by atoms with Crippen molar-refractivity contribution in [3.05, 3.63) is 17.5 Å². The predicted octanol–water partition coefficient (Wildman–Crippen LogP) is 1.07. The highest BCUT2D eigenvalue weighted by Crippen LogP contribution is 2.24. The Morgan fingerprint density at radius 3 is 2.75 bits per heavy atom. The van der Waals surface area contributed by atoms with E-state index in [4.69, 9.17) is 0 Å². The summed E-state index contributed by atoms with van der Waals surface area (Å²) in [6.45, 7) is 4.14. The van der Waals surface area contributed by atoms with E-state index in [1.165, 1.54) is 11.3 Å². The summed E-state index contributed by atoms with van der Waals surface area (Å²) in [5.74, 6) is 0. The molecule has 1 aromatic rings. The van der Waals surface area contributed by atoms with E-state index in [9.17, 15) is 8.42 Å². The first kappa shape index (κ1) is 12.0. The normalized spacial score (nSPS) is 24.8. The molecule has 0 amide bonds. The summed E-state index contributed by atoms with van der Waals surface area (Å²) in [5.41, 5.74) is 0. The molecule has 1 unspecified atom stereocenters. The Balaban J connectivity index is 2.25. The molecule has 2 heterocycles. The molecule has 0 aromatic carbocycles. The van der Waals surface area contributed by atoms with E-state index in [-0.39, 0.29) is 6.04 Å². The maximum absolute atomic E-state index is 12.3. The molecule has 1 aromatic heterocycles. The first-order valence-corrected chi connectivity index (χ1v) is 7.57. The van der Waals surface area contributed by atoms with Crippen molar-refractivity contribution >= 4 is 21.4 Å². The third-order valence-electron chi connectivity index (χ3n) is 2.83. The summed E-state index contributed by atoms with van der Waals surface area (Å²) in [4.78, 5) is 2.16. The molecule has 90 valence electrons. The van der Waals surface area contributed by atoms with Crippen molar-refractivity contribution in [2.24, 2.45) is 0 Å². The maximum Gasteiger partial charge on any atom is 0.252 e. The van der Waals surface area contributed by atoms with Gasteiger partial charge in [0.2, 0.25) is 0 Å². The fourth-order valence-corrected chi connectivity index (χ4v) is 4.74. The minimum absolute atomic E-state index is 0.0471. The molecule has 0 saturated carbocycles. The number of hydrogen-bond acceptors (Lipinski definition) is 4. The lowest BCUT2D eigenvalue weighted by Gasteiger charge is -2.36. The van der Waals surface area contributed by atoms with Crippen LogP contribution in [0.25, 0.3) is 0 Å². The SMILES string of the molecule is CC1CN(C)CCN1S(=O)(=O)c1cccs1. The number of nitrogens with zero attached hydrogens (tertiary/aromatic N) is 2. The summed E-state index contributed by atoms with van der Waals surface area (Å²) in [6.07, 6.45) is 0. The standard InChI is InChI=1S/C10H16N2O2S2/c1-9-8-11(2)5-6-12(9)16(13,14)10-4-3-7-15-10/h3-4,7,9H,5-6,8H2,1-2H3. The van der Waals surface area contributed by atoms with E-state index in [0.29, 0.717) is 10.8 Å². The maximum atomic E-state index is 12.3. The number of thiophene rings is 1. The number of likely N-dealkylation sites (N-methyl/N-ethyl adjacent to an activating group) is 1. The lowest BCUT2D eigenvalue weighted by molar-refractivity contribution is 0.170. The first-order valence-electron chi connectivity index (χ1n) is 5.25. The van der Waals surface area contributed by atoms with Gasteiger partial charge in [-0.05, 0) is 25.4 Å². The van der Waals surface area contributed by atoms with Gasteiger partial charge in [0.05, 0.1) is 0 Å². The van der Waals surface area contributed by atoms with Crippen LogP contribution in [0.5, 0.6) is 0 Å². The van der Waals surface area contributed by atoms with Crippen molar-refractivity contribution in [1.29, 1.82) is 0 Å². The van der Waals surface area contributed by atoms with E-state index < -0.39 is 10.0 Å². The summed E-state index contributed by atoms with van der Waals surface area (Å²) < 4.78 is 26.6. The number of rotatable bonds is 2. The van der Waals surface area contributed by atoms with E-state index >= 15 is 0 Å². The monoisotopic (exact) mass is 260 g/mol. The smallest absolute Gasteiger partial charge is 0.252 e. The highest BCUT2D eigenvalue weighted by atomic mass is 32.2. The topological polar surface area (TPSA) is 40.6 Å². The van der Waals surface area contributed by atoms with Crippen LogP contribution in [0, 0.1) is 0 Å².